The van der Waals surface area contributed by atoms with Gasteiger partial charge in [0.2, 0.25) is 0 Å². The van der Waals surface area contributed by atoms with Gasteiger partial charge in [-0.3, -0.25) is 9.69 Å². The Morgan fingerprint density at radius 3 is 2.50 bits per heavy atom. The number of piperazine rings is 1. The number of anilines is 1. The van der Waals surface area contributed by atoms with Crippen molar-refractivity contribution in [2.24, 2.45) is 7.05 Å². The molecule has 34 heavy (non-hydrogen) atoms. The molecular formula is C27H37N5O2. The van der Waals surface area contributed by atoms with Gasteiger partial charge in [-0.15, -0.1) is 0 Å². The fourth-order valence-corrected chi connectivity index (χ4v) is 5.64. The van der Waals surface area contributed by atoms with Gasteiger partial charge in [-0.25, -0.2) is 4.68 Å². The minimum atomic E-state index is -0.0776. The average Bonchev–Trinajstić information content (AvgIpc) is 3.27. The van der Waals surface area contributed by atoms with Crippen molar-refractivity contribution in [1.82, 2.24) is 19.2 Å². The van der Waals surface area contributed by atoms with Crippen LogP contribution >= 0.6 is 0 Å². The highest BCUT2D eigenvalue weighted by molar-refractivity contribution is 5.87. The average molecular weight is 464 g/mol. The van der Waals surface area contributed by atoms with Crippen LogP contribution in [0.3, 0.4) is 0 Å². The Labute approximate surface area is 201 Å². The lowest BCUT2D eigenvalue weighted by atomic mass is 10.0. The third-order valence-electron chi connectivity index (χ3n) is 7.62. The number of benzene rings is 1. The van der Waals surface area contributed by atoms with Crippen LogP contribution in [0.4, 0.5) is 5.82 Å². The Morgan fingerprint density at radius 2 is 1.79 bits per heavy atom. The summed E-state index contributed by atoms with van der Waals surface area (Å²) in [5, 5.41) is 5.00. The summed E-state index contributed by atoms with van der Waals surface area (Å²) >= 11 is 0. The van der Waals surface area contributed by atoms with E-state index in [-0.39, 0.29) is 11.8 Å². The molecule has 0 spiro atoms. The lowest BCUT2D eigenvalue weighted by molar-refractivity contribution is -0.0386. The normalized spacial score (nSPS) is 24.1. The van der Waals surface area contributed by atoms with E-state index < -0.39 is 0 Å². The zero-order valence-electron chi connectivity index (χ0n) is 20.7. The highest BCUT2D eigenvalue weighted by Gasteiger charge is 2.36. The first-order valence-electron chi connectivity index (χ1n) is 12.8. The van der Waals surface area contributed by atoms with Crippen LogP contribution in [-0.4, -0.2) is 51.0 Å². The smallest absolute Gasteiger partial charge is 0.250 e. The third-order valence-corrected chi connectivity index (χ3v) is 7.62. The quantitative estimate of drug-likeness (QED) is 0.545. The Hall–Kier alpha value is -2.64. The largest absolute Gasteiger partial charge is 0.356 e. The first-order valence-corrected chi connectivity index (χ1v) is 12.8. The van der Waals surface area contributed by atoms with Crippen molar-refractivity contribution >= 4 is 16.9 Å². The third kappa shape index (κ3) is 4.27. The van der Waals surface area contributed by atoms with Crippen LogP contribution in [0.25, 0.3) is 11.0 Å². The molecule has 0 N–H and O–H groups in total. The second-order valence-corrected chi connectivity index (χ2v) is 9.75. The minimum Gasteiger partial charge on any atom is -0.356 e. The van der Waals surface area contributed by atoms with E-state index >= 15 is 0 Å². The molecule has 3 aromatic rings. The molecule has 7 nitrogen and oxygen atoms in total. The molecule has 182 valence electrons. The van der Waals surface area contributed by atoms with Gasteiger partial charge < -0.3 is 14.2 Å². The van der Waals surface area contributed by atoms with E-state index in [9.17, 15) is 4.79 Å². The summed E-state index contributed by atoms with van der Waals surface area (Å²) in [5.74, 6) is 1.05. The standard InChI is InChI=1S/C27H37N5O2/c1-4-21-19-31(22(5-2)18-30(21)17-20-11-7-6-8-12-20)27-26-23(14-15-24(33)29(26)3)28-32(27)25-13-9-10-16-34-25/h6-8,11-12,14-15,21-22,25H,4-5,9-10,13,16-19H2,1-3H3/t21-,22+,25?/m1/s1. The molecular weight excluding hydrogens is 426 g/mol. The van der Waals surface area contributed by atoms with Gasteiger partial charge >= 0.3 is 0 Å². The summed E-state index contributed by atoms with van der Waals surface area (Å²) in [4.78, 5) is 17.8. The molecule has 4 heterocycles. The van der Waals surface area contributed by atoms with Crippen molar-refractivity contribution in [3.8, 4) is 0 Å². The van der Waals surface area contributed by atoms with Gasteiger partial charge in [0.25, 0.3) is 5.56 Å². The van der Waals surface area contributed by atoms with Crippen molar-refractivity contribution in [1.29, 1.82) is 0 Å². The van der Waals surface area contributed by atoms with Gasteiger partial charge in [-0.1, -0.05) is 44.2 Å². The predicted octanol–water partition coefficient (Wildman–Crippen LogP) is 4.31. The monoisotopic (exact) mass is 463 g/mol. The maximum absolute atomic E-state index is 12.6. The highest BCUT2D eigenvalue weighted by atomic mass is 16.5. The van der Waals surface area contributed by atoms with E-state index in [1.807, 2.05) is 13.1 Å². The van der Waals surface area contributed by atoms with E-state index in [4.69, 9.17) is 9.84 Å². The maximum Gasteiger partial charge on any atom is 0.250 e. The van der Waals surface area contributed by atoms with Crippen LogP contribution in [0.5, 0.6) is 0 Å². The van der Waals surface area contributed by atoms with Crippen molar-refractivity contribution in [2.75, 3.05) is 24.6 Å². The Bertz CT molecular complexity index is 1160. The summed E-state index contributed by atoms with van der Waals surface area (Å²) in [6.07, 6.45) is 5.21. The van der Waals surface area contributed by atoms with E-state index in [1.165, 1.54) is 5.56 Å². The van der Waals surface area contributed by atoms with Crippen molar-refractivity contribution in [3.05, 3.63) is 58.4 Å². The lowest BCUT2D eigenvalue weighted by Gasteiger charge is -2.47. The Balaban J connectivity index is 1.56. The molecule has 2 fully saturated rings. The zero-order chi connectivity index (χ0) is 23.7. The summed E-state index contributed by atoms with van der Waals surface area (Å²) < 4.78 is 10.0. The lowest BCUT2D eigenvalue weighted by Crippen LogP contribution is -2.58. The van der Waals surface area contributed by atoms with Gasteiger partial charge in [0, 0.05) is 51.4 Å². The second kappa shape index (κ2) is 9.92. The molecule has 0 amide bonds. The highest BCUT2D eigenvalue weighted by Crippen LogP contribution is 2.36. The first kappa shape index (κ1) is 23.1. The fraction of sp³-hybridized carbons (Fsp3) is 0.556. The SMILES string of the molecule is CC[C@@H]1CN(c2c3c(ccc(=O)n3C)nn2C2CCCCO2)[C@@H](CC)CN1Cc1ccccc1. The van der Waals surface area contributed by atoms with E-state index in [0.717, 1.165) is 75.2 Å². The number of hydrogen-bond donors (Lipinski definition) is 0. The van der Waals surface area contributed by atoms with Crippen LogP contribution in [0.15, 0.2) is 47.3 Å². The molecule has 0 radical (unpaired) electrons. The van der Waals surface area contributed by atoms with Crippen LogP contribution in [0.1, 0.15) is 57.7 Å². The number of rotatable bonds is 6. The summed E-state index contributed by atoms with van der Waals surface area (Å²) in [5.41, 5.74) is 3.14. The topological polar surface area (TPSA) is 55.5 Å². The summed E-state index contributed by atoms with van der Waals surface area (Å²) in [6, 6.07) is 15.0. The molecule has 2 aliphatic heterocycles. The van der Waals surface area contributed by atoms with E-state index in [0.29, 0.717) is 12.1 Å². The first-order chi connectivity index (χ1) is 16.6. The number of hydrogen-bond acceptors (Lipinski definition) is 5. The molecule has 2 aliphatic rings. The molecule has 0 aliphatic carbocycles. The number of aromatic nitrogens is 3. The number of fused-ring (bicyclic) bond motifs is 1. The summed E-state index contributed by atoms with van der Waals surface area (Å²) in [7, 11) is 1.87. The van der Waals surface area contributed by atoms with Gasteiger partial charge in [-0.05, 0) is 43.7 Å². The van der Waals surface area contributed by atoms with Crippen LogP contribution in [0.2, 0.25) is 0 Å². The van der Waals surface area contributed by atoms with Gasteiger partial charge in [0.1, 0.15) is 11.0 Å². The van der Waals surface area contributed by atoms with Crippen molar-refractivity contribution < 1.29 is 4.74 Å². The number of aryl methyl sites for hydroxylation is 1. The molecule has 0 saturated carbocycles. The maximum atomic E-state index is 12.6. The van der Waals surface area contributed by atoms with E-state index in [1.54, 1.807) is 10.6 Å². The van der Waals surface area contributed by atoms with Gasteiger partial charge in [0.15, 0.2) is 12.0 Å². The van der Waals surface area contributed by atoms with E-state index in [2.05, 4.69) is 58.7 Å². The molecule has 2 saturated heterocycles. The van der Waals surface area contributed by atoms with Gasteiger partial charge in [-0.2, -0.15) is 5.10 Å². The number of pyridine rings is 1. The zero-order valence-corrected chi connectivity index (χ0v) is 20.7. The number of nitrogens with zero attached hydrogens (tertiary/aromatic N) is 5. The van der Waals surface area contributed by atoms with Gasteiger partial charge in [0.05, 0.1) is 0 Å². The molecule has 2 aromatic heterocycles. The fourth-order valence-electron chi connectivity index (χ4n) is 5.64. The van der Waals surface area contributed by atoms with Crippen molar-refractivity contribution in [2.45, 2.75) is 70.8 Å². The van der Waals surface area contributed by atoms with Crippen molar-refractivity contribution in [3.63, 3.8) is 0 Å². The predicted molar refractivity (Wildman–Crippen MR) is 136 cm³/mol. The molecule has 0 bridgehead atoms. The molecule has 1 unspecified atom stereocenters. The Morgan fingerprint density at radius 1 is 1.00 bits per heavy atom. The molecule has 7 heteroatoms. The van der Waals surface area contributed by atoms with Crippen LogP contribution in [0, 0.1) is 0 Å². The second-order valence-electron chi connectivity index (χ2n) is 9.75. The van der Waals surface area contributed by atoms with Crippen LogP contribution < -0.4 is 10.5 Å². The summed E-state index contributed by atoms with van der Waals surface area (Å²) in [6.45, 7) is 8.18. The van der Waals surface area contributed by atoms with Crippen LogP contribution in [-0.2, 0) is 18.3 Å². The molecule has 3 atom stereocenters. The molecule has 1 aromatic carbocycles. The number of ether oxygens (including phenoxy) is 1. The minimum absolute atomic E-state index is 0.000617. The Kier molecular flexibility index (Phi) is 6.75. The molecule has 5 rings (SSSR count).